The van der Waals surface area contributed by atoms with Gasteiger partial charge in [-0.3, -0.25) is 4.79 Å². The summed E-state index contributed by atoms with van der Waals surface area (Å²) >= 11 is 1.53. The molecule has 0 aromatic carbocycles. The van der Waals surface area contributed by atoms with Gasteiger partial charge in [-0.25, -0.2) is 0 Å². The van der Waals surface area contributed by atoms with Crippen LogP contribution in [0.15, 0.2) is 29.6 Å². The van der Waals surface area contributed by atoms with Gasteiger partial charge in [-0.1, -0.05) is 6.07 Å². The van der Waals surface area contributed by atoms with Crippen LogP contribution in [0.5, 0.6) is 5.75 Å². The maximum atomic E-state index is 12.0. The number of ether oxygens (including phenoxy) is 1. The van der Waals surface area contributed by atoms with Crippen molar-refractivity contribution in [1.82, 2.24) is 10.3 Å². The van der Waals surface area contributed by atoms with Gasteiger partial charge in [0.25, 0.3) is 5.91 Å². The molecule has 0 aliphatic rings. The normalized spacial score (nSPS) is 11.7. The fraction of sp³-hybridized carbons (Fsp3) is 0.286. The number of nitrogens with one attached hydrogen (secondary N) is 1. The third-order valence-corrected chi connectivity index (χ3v) is 3.72. The minimum atomic E-state index is -0.858. The van der Waals surface area contributed by atoms with Gasteiger partial charge in [0.2, 0.25) is 5.75 Å². The summed E-state index contributed by atoms with van der Waals surface area (Å²) in [4.78, 5) is 27.1. The molecule has 0 unspecified atom stereocenters. The number of hydrogen-bond donors (Lipinski definition) is 1. The number of amides is 1. The molecule has 2 heterocycles. The van der Waals surface area contributed by atoms with Crippen LogP contribution in [0, 0.1) is 17.0 Å². The van der Waals surface area contributed by atoms with Crippen LogP contribution in [0.2, 0.25) is 0 Å². The summed E-state index contributed by atoms with van der Waals surface area (Å²) in [5.74, 6) is -0.754. The molecule has 0 saturated carbocycles. The first-order valence-corrected chi connectivity index (χ1v) is 7.44. The molecule has 0 saturated heterocycles. The number of aryl methyl sites for hydroxylation is 1. The van der Waals surface area contributed by atoms with Crippen LogP contribution in [0.25, 0.3) is 0 Å². The Kier molecular flexibility index (Phi) is 5.05. The Labute approximate surface area is 131 Å². The number of carbonyl (C=O) groups is 1. The zero-order valence-corrected chi connectivity index (χ0v) is 12.9. The molecule has 1 amide bonds. The monoisotopic (exact) mass is 321 g/mol. The van der Waals surface area contributed by atoms with E-state index in [0.29, 0.717) is 12.2 Å². The highest BCUT2D eigenvalue weighted by Gasteiger charge is 2.22. The Hall–Kier alpha value is -2.48. The molecule has 2 rings (SSSR count). The molecule has 0 fully saturated rings. The molecule has 22 heavy (non-hydrogen) atoms. The Balaban J connectivity index is 2.00. The van der Waals surface area contributed by atoms with E-state index in [1.54, 1.807) is 13.0 Å². The SMILES string of the molecule is Cc1ccc(O[C@@H](C)C(=O)NCc2cccs2)c([N+](=O)[O-])n1. The van der Waals surface area contributed by atoms with Crippen molar-refractivity contribution in [2.45, 2.75) is 26.5 Å². The maximum absolute atomic E-state index is 12.0. The molecule has 0 bridgehead atoms. The molecular weight excluding hydrogens is 306 g/mol. The van der Waals surface area contributed by atoms with Gasteiger partial charge in [-0.15, -0.1) is 11.3 Å². The van der Waals surface area contributed by atoms with Crippen molar-refractivity contribution in [3.63, 3.8) is 0 Å². The van der Waals surface area contributed by atoms with Gasteiger partial charge in [-0.05, 0) is 40.4 Å². The van der Waals surface area contributed by atoms with E-state index in [4.69, 9.17) is 4.74 Å². The predicted octanol–water partition coefficient (Wildman–Crippen LogP) is 2.44. The van der Waals surface area contributed by atoms with Crippen LogP contribution >= 0.6 is 11.3 Å². The first kappa shape index (κ1) is 15.9. The van der Waals surface area contributed by atoms with E-state index in [9.17, 15) is 14.9 Å². The van der Waals surface area contributed by atoms with Crippen molar-refractivity contribution in [2.24, 2.45) is 0 Å². The minimum absolute atomic E-state index is 0.0191. The Morgan fingerprint density at radius 3 is 2.91 bits per heavy atom. The largest absolute Gasteiger partial charge is 0.473 e. The van der Waals surface area contributed by atoms with Gasteiger partial charge in [-0.2, -0.15) is 0 Å². The molecular formula is C14H15N3O4S. The van der Waals surface area contributed by atoms with Crippen LogP contribution in [0.1, 0.15) is 17.5 Å². The lowest BCUT2D eigenvalue weighted by molar-refractivity contribution is -0.390. The first-order valence-electron chi connectivity index (χ1n) is 6.56. The van der Waals surface area contributed by atoms with Crippen LogP contribution in [-0.2, 0) is 11.3 Å². The van der Waals surface area contributed by atoms with Gasteiger partial charge in [0.1, 0.15) is 5.69 Å². The second-order valence-electron chi connectivity index (χ2n) is 4.59. The average Bonchev–Trinajstić information content (AvgIpc) is 2.99. The van der Waals surface area contributed by atoms with Crippen molar-refractivity contribution < 1.29 is 14.5 Å². The molecule has 0 aliphatic carbocycles. The molecule has 2 aromatic heterocycles. The number of hydrogen-bond acceptors (Lipinski definition) is 6. The highest BCUT2D eigenvalue weighted by molar-refractivity contribution is 7.09. The van der Waals surface area contributed by atoms with Gasteiger partial charge in [0, 0.05) is 11.8 Å². The van der Waals surface area contributed by atoms with E-state index in [0.717, 1.165) is 4.88 Å². The molecule has 0 spiro atoms. The number of thiophene rings is 1. The molecule has 2 aromatic rings. The third kappa shape index (κ3) is 4.01. The van der Waals surface area contributed by atoms with Crippen molar-refractivity contribution >= 4 is 23.1 Å². The molecule has 116 valence electrons. The fourth-order valence-electron chi connectivity index (χ4n) is 1.73. The lowest BCUT2D eigenvalue weighted by Gasteiger charge is -2.14. The molecule has 1 N–H and O–H groups in total. The number of aromatic nitrogens is 1. The summed E-state index contributed by atoms with van der Waals surface area (Å²) < 4.78 is 5.38. The average molecular weight is 321 g/mol. The summed E-state index contributed by atoms with van der Waals surface area (Å²) in [5.41, 5.74) is 0.508. The van der Waals surface area contributed by atoms with Crippen molar-refractivity contribution in [1.29, 1.82) is 0 Å². The van der Waals surface area contributed by atoms with Crippen LogP contribution in [-0.4, -0.2) is 21.9 Å². The third-order valence-electron chi connectivity index (χ3n) is 2.84. The zero-order valence-electron chi connectivity index (χ0n) is 12.1. The quantitative estimate of drug-likeness (QED) is 0.651. The Bertz CT molecular complexity index is 673. The second-order valence-corrected chi connectivity index (χ2v) is 5.62. The van der Waals surface area contributed by atoms with E-state index in [2.05, 4.69) is 10.3 Å². The summed E-state index contributed by atoms with van der Waals surface area (Å²) in [6.45, 7) is 3.58. The predicted molar refractivity (Wildman–Crippen MR) is 81.9 cm³/mol. The van der Waals surface area contributed by atoms with Crippen LogP contribution in [0.3, 0.4) is 0 Å². The Morgan fingerprint density at radius 2 is 2.27 bits per heavy atom. The van der Waals surface area contributed by atoms with E-state index in [1.807, 2.05) is 17.5 Å². The van der Waals surface area contributed by atoms with Gasteiger partial charge < -0.3 is 20.2 Å². The maximum Gasteiger partial charge on any atom is 0.406 e. The van der Waals surface area contributed by atoms with Gasteiger partial charge in [0.05, 0.1) is 6.54 Å². The Morgan fingerprint density at radius 1 is 1.50 bits per heavy atom. The van der Waals surface area contributed by atoms with E-state index in [1.165, 1.54) is 24.3 Å². The highest BCUT2D eigenvalue weighted by atomic mass is 32.1. The highest BCUT2D eigenvalue weighted by Crippen LogP contribution is 2.25. The summed E-state index contributed by atoms with van der Waals surface area (Å²) in [6.07, 6.45) is -0.858. The van der Waals surface area contributed by atoms with E-state index in [-0.39, 0.29) is 11.7 Å². The minimum Gasteiger partial charge on any atom is -0.473 e. The number of nitro groups is 1. The lowest BCUT2D eigenvalue weighted by atomic mass is 10.3. The van der Waals surface area contributed by atoms with Crippen molar-refractivity contribution in [3.05, 3.63) is 50.3 Å². The zero-order chi connectivity index (χ0) is 16.1. The molecule has 1 atom stereocenters. The molecule has 8 heteroatoms. The number of nitrogens with zero attached hydrogens (tertiary/aromatic N) is 2. The van der Waals surface area contributed by atoms with Crippen LogP contribution < -0.4 is 10.1 Å². The van der Waals surface area contributed by atoms with Crippen LogP contribution in [0.4, 0.5) is 5.82 Å². The number of rotatable bonds is 6. The summed E-state index contributed by atoms with van der Waals surface area (Å²) in [5, 5.41) is 15.6. The summed E-state index contributed by atoms with van der Waals surface area (Å²) in [7, 11) is 0. The van der Waals surface area contributed by atoms with E-state index >= 15 is 0 Å². The standard InChI is InChI=1S/C14H15N3O4S/c1-9-5-6-12(13(16-9)17(19)20)21-10(2)14(18)15-8-11-4-3-7-22-11/h3-7,10H,8H2,1-2H3,(H,15,18)/t10-/m0/s1. The molecule has 0 aliphatic heterocycles. The summed E-state index contributed by atoms with van der Waals surface area (Å²) in [6, 6.07) is 6.85. The molecule has 0 radical (unpaired) electrons. The second kappa shape index (κ2) is 6.99. The van der Waals surface area contributed by atoms with Crippen molar-refractivity contribution in [2.75, 3.05) is 0 Å². The van der Waals surface area contributed by atoms with Gasteiger partial charge in [0.15, 0.2) is 6.10 Å². The molecule has 7 nitrogen and oxygen atoms in total. The number of pyridine rings is 1. The smallest absolute Gasteiger partial charge is 0.406 e. The lowest BCUT2D eigenvalue weighted by Crippen LogP contribution is -2.35. The fourth-order valence-corrected chi connectivity index (χ4v) is 2.37. The topological polar surface area (TPSA) is 94.4 Å². The number of carbonyl (C=O) groups excluding carboxylic acids is 1. The first-order chi connectivity index (χ1) is 10.5. The van der Waals surface area contributed by atoms with Gasteiger partial charge >= 0.3 is 5.82 Å². The van der Waals surface area contributed by atoms with E-state index < -0.39 is 16.8 Å². The van der Waals surface area contributed by atoms with Crippen molar-refractivity contribution in [3.8, 4) is 5.75 Å².